The molecule has 1 amide bonds. The van der Waals surface area contributed by atoms with Crippen LogP contribution in [0.4, 0.5) is 0 Å². The van der Waals surface area contributed by atoms with Gasteiger partial charge in [0.2, 0.25) is 5.91 Å². The normalized spacial score (nSPS) is 21.2. The van der Waals surface area contributed by atoms with Gasteiger partial charge in [-0.3, -0.25) is 9.59 Å². The Labute approximate surface area is 130 Å². The quantitative estimate of drug-likeness (QED) is 0.914. The Morgan fingerprint density at radius 2 is 2.09 bits per heavy atom. The predicted molar refractivity (Wildman–Crippen MR) is 82.2 cm³/mol. The molecule has 0 bridgehead atoms. The first-order valence-corrected chi connectivity index (χ1v) is 7.71. The van der Waals surface area contributed by atoms with Crippen molar-refractivity contribution in [3.63, 3.8) is 0 Å². The van der Waals surface area contributed by atoms with Gasteiger partial charge in [0.25, 0.3) is 5.56 Å². The molecule has 0 saturated heterocycles. The van der Waals surface area contributed by atoms with Crippen molar-refractivity contribution >= 4 is 5.91 Å². The minimum atomic E-state index is -0.502. The summed E-state index contributed by atoms with van der Waals surface area (Å²) in [4.78, 5) is 24.3. The van der Waals surface area contributed by atoms with Crippen molar-refractivity contribution in [2.75, 3.05) is 0 Å². The molecule has 1 aromatic heterocycles. The number of carbonyl (C=O) groups is 1. The van der Waals surface area contributed by atoms with E-state index in [9.17, 15) is 9.59 Å². The summed E-state index contributed by atoms with van der Waals surface area (Å²) >= 11 is 0. The summed E-state index contributed by atoms with van der Waals surface area (Å²) in [5.41, 5.74) is 0.726. The maximum absolute atomic E-state index is 12.2. The van der Waals surface area contributed by atoms with E-state index in [0.717, 1.165) is 23.9 Å². The first kappa shape index (κ1) is 16.2. The number of nitrogens with one attached hydrogen (secondary N) is 1. The molecular formula is C16H22N4O2. The monoisotopic (exact) mass is 302 g/mol. The SMILES string of the molecule is Cc1nn(CC(=O)N[C@H]2CCCC[C@@H]2C)c(=O)c(C#N)c1C. The van der Waals surface area contributed by atoms with Crippen LogP contribution in [-0.2, 0) is 11.3 Å². The van der Waals surface area contributed by atoms with Crippen LogP contribution < -0.4 is 10.9 Å². The third-order valence-electron chi connectivity index (χ3n) is 4.50. The molecule has 1 saturated carbocycles. The molecular weight excluding hydrogens is 280 g/mol. The van der Waals surface area contributed by atoms with Gasteiger partial charge in [-0.2, -0.15) is 10.4 Å². The van der Waals surface area contributed by atoms with Crippen molar-refractivity contribution in [3.8, 4) is 6.07 Å². The van der Waals surface area contributed by atoms with Gasteiger partial charge in [-0.1, -0.05) is 19.8 Å². The minimum absolute atomic E-state index is 0.0614. The second-order valence-corrected chi connectivity index (χ2v) is 6.10. The van der Waals surface area contributed by atoms with E-state index in [1.54, 1.807) is 13.8 Å². The number of hydrogen-bond acceptors (Lipinski definition) is 4. The lowest BCUT2D eigenvalue weighted by atomic mass is 9.86. The summed E-state index contributed by atoms with van der Waals surface area (Å²) < 4.78 is 1.09. The third-order valence-corrected chi connectivity index (χ3v) is 4.50. The first-order chi connectivity index (χ1) is 10.4. The number of carbonyl (C=O) groups excluding carboxylic acids is 1. The third kappa shape index (κ3) is 3.35. The molecule has 6 nitrogen and oxygen atoms in total. The van der Waals surface area contributed by atoms with E-state index in [1.165, 1.54) is 6.42 Å². The summed E-state index contributed by atoms with van der Waals surface area (Å²) in [6.45, 7) is 5.42. The molecule has 0 spiro atoms. The van der Waals surface area contributed by atoms with Crippen LogP contribution >= 0.6 is 0 Å². The van der Waals surface area contributed by atoms with Crippen LogP contribution in [0.5, 0.6) is 0 Å². The van der Waals surface area contributed by atoms with Crippen molar-refractivity contribution in [2.45, 2.75) is 59.0 Å². The summed E-state index contributed by atoms with van der Waals surface area (Å²) in [6, 6.07) is 2.07. The highest BCUT2D eigenvalue weighted by Crippen LogP contribution is 2.23. The topological polar surface area (TPSA) is 87.8 Å². The largest absolute Gasteiger partial charge is 0.351 e. The van der Waals surface area contributed by atoms with Gasteiger partial charge in [0, 0.05) is 6.04 Å². The zero-order valence-electron chi connectivity index (χ0n) is 13.3. The molecule has 0 aromatic carbocycles. The fourth-order valence-corrected chi connectivity index (χ4v) is 2.93. The highest BCUT2D eigenvalue weighted by atomic mass is 16.2. The number of nitrogens with zero attached hydrogens (tertiary/aromatic N) is 3. The smallest absolute Gasteiger partial charge is 0.285 e. The van der Waals surface area contributed by atoms with E-state index in [1.807, 2.05) is 6.07 Å². The molecule has 1 aliphatic carbocycles. The van der Waals surface area contributed by atoms with Crippen LogP contribution in [0.2, 0.25) is 0 Å². The van der Waals surface area contributed by atoms with Crippen LogP contribution in [0, 0.1) is 31.1 Å². The second kappa shape index (κ2) is 6.73. The molecule has 1 fully saturated rings. The molecule has 1 N–H and O–H groups in total. The van der Waals surface area contributed by atoms with Crippen molar-refractivity contribution < 1.29 is 4.79 Å². The van der Waals surface area contributed by atoms with Crippen molar-refractivity contribution in [2.24, 2.45) is 5.92 Å². The lowest BCUT2D eigenvalue weighted by Gasteiger charge is -2.29. The predicted octanol–water partition coefficient (Wildman–Crippen LogP) is 1.43. The summed E-state index contributed by atoms with van der Waals surface area (Å²) in [6.07, 6.45) is 4.42. The van der Waals surface area contributed by atoms with Crippen LogP contribution in [0.15, 0.2) is 4.79 Å². The average molecular weight is 302 g/mol. The number of rotatable bonds is 3. The highest BCUT2D eigenvalue weighted by Gasteiger charge is 2.23. The van der Waals surface area contributed by atoms with Crippen molar-refractivity contribution in [3.05, 3.63) is 27.2 Å². The summed E-state index contributed by atoms with van der Waals surface area (Å²) in [7, 11) is 0. The molecule has 6 heteroatoms. The van der Waals surface area contributed by atoms with Crippen LogP contribution in [0.25, 0.3) is 0 Å². The van der Waals surface area contributed by atoms with E-state index in [4.69, 9.17) is 5.26 Å². The molecule has 1 heterocycles. The van der Waals surface area contributed by atoms with Gasteiger partial charge in [0.15, 0.2) is 0 Å². The van der Waals surface area contributed by atoms with Gasteiger partial charge in [0.1, 0.15) is 18.2 Å². The molecule has 2 atom stereocenters. The molecule has 1 aliphatic rings. The number of hydrogen-bond donors (Lipinski definition) is 1. The second-order valence-electron chi connectivity index (χ2n) is 6.10. The zero-order chi connectivity index (χ0) is 16.3. The van der Waals surface area contributed by atoms with Crippen molar-refractivity contribution in [1.82, 2.24) is 15.1 Å². The average Bonchev–Trinajstić information content (AvgIpc) is 2.48. The van der Waals surface area contributed by atoms with Gasteiger partial charge in [-0.15, -0.1) is 0 Å². The zero-order valence-corrected chi connectivity index (χ0v) is 13.3. The molecule has 0 unspecified atom stereocenters. The number of aromatic nitrogens is 2. The van der Waals surface area contributed by atoms with Crippen molar-refractivity contribution in [1.29, 1.82) is 5.26 Å². The Hall–Kier alpha value is -2.16. The van der Waals surface area contributed by atoms with Crippen LogP contribution in [-0.4, -0.2) is 21.7 Å². The maximum Gasteiger partial charge on any atom is 0.285 e. The summed E-state index contributed by atoms with van der Waals surface area (Å²) in [5, 5.41) is 16.2. The molecule has 2 rings (SSSR count). The number of amides is 1. The van der Waals surface area contributed by atoms with Gasteiger partial charge < -0.3 is 5.32 Å². The van der Waals surface area contributed by atoms with E-state index < -0.39 is 5.56 Å². The molecule has 1 aromatic rings. The Kier molecular flexibility index (Phi) is 4.96. The van der Waals surface area contributed by atoms with E-state index in [2.05, 4.69) is 17.3 Å². The molecule has 0 radical (unpaired) electrons. The lowest BCUT2D eigenvalue weighted by Crippen LogP contribution is -2.44. The Morgan fingerprint density at radius 1 is 1.41 bits per heavy atom. The van der Waals surface area contributed by atoms with Gasteiger partial charge in [-0.25, -0.2) is 4.68 Å². The fourth-order valence-electron chi connectivity index (χ4n) is 2.93. The van der Waals surface area contributed by atoms with Crippen LogP contribution in [0.1, 0.15) is 49.4 Å². The van der Waals surface area contributed by atoms with Crippen LogP contribution in [0.3, 0.4) is 0 Å². The fraction of sp³-hybridized carbons (Fsp3) is 0.625. The molecule has 0 aliphatic heterocycles. The standard InChI is InChI=1S/C16H22N4O2/c1-10-6-4-5-7-14(10)18-15(21)9-20-16(22)13(8-17)11(2)12(3)19-20/h10,14H,4-7,9H2,1-3H3,(H,18,21)/t10-,14-/m0/s1. The number of aryl methyl sites for hydroxylation is 1. The van der Waals surface area contributed by atoms with Gasteiger partial charge >= 0.3 is 0 Å². The number of nitriles is 1. The molecule has 118 valence electrons. The highest BCUT2D eigenvalue weighted by molar-refractivity contribution is 5.76. The lowest BCUT2D eigenvalue weighted by molar-refractivity contribution is -0.123. The van der Waals surface area contributed by atoms with E-state index in [0.29, 0.717) is 17.2 Å². The van der Waals surface area contributed by atoms with Gasteiger partial charge in [-0.05, 0) is 38.2 Å². The minimum Gasteiger partial charge on any atom is -0.351 e. The Morgan fingerprint density at radius 3 is 2.73 bits per heavy atom. The first-order valence-electron chi connectivity index (χ1n) is 7.71. The van der Waals surface area contributed by atoms with E-state index >= 15 is 0 Å². The van der Waals surface area contributed by atoms with E-state index in [-0.39, 0.29) is 24.1 Å². The summed E-state index contributed by atoms with van der Waals surface area (Å²) in [5.74, 6) is 0.234. The Balaban J connectivity index is 2.14. The van der Waals surface area contributed by atoms with Gasteiger partial charge in [0.05, 0.1) is 5.69 Å². The maximum atomic E-state index is 12.2. The Bertz CT molecular complexity index is 672. The molecule has 22 heavy (non-hydrogen) atoms.